The van der Waals surface area contributed by atoms with E-state index in [2.05, 4.69) is 5.32 Å². The molecule has 1 aromatic heterocycles. The molecule has 1 amide bonds. The van der Waals surface area contributed by atoms with Gasteiger partial charge in [-0.2, -0.15) is 0 Å². The number of ketones is 2. The number of carbonyl (C=O) groups is 3. The standard InChI is InChI=1S/C21H25NO5S/c1-15-6-10-20(28-15)19(24)9-7-17(23)8-11-21(25)22-16-4-3-5-18(14-16)27-13-12-26-2/h3-6,10,14H,7-9,11-13H2,1-2H3,(H,22,25). The highest BCUT2D eigenvalue weighted by Crippen LogP contribution is 2.19. The first-order chi connectivity index (χ1) is 13.5. The third-order valence-corrected chi connectivity index (χ3v) is 4.99. The van der Waals surface area contributed by atoms with Crippen LogP contribution >= 0.6 is 11.3 Å². The Morgan fingerprint density at radius 3 is 2.50 bits per heavy atom. The first-order valence-corrected chi connectivity index (χ1v) is 9.92. The van der Waals surface area contributed by atoms with E-state index in [9.17, 15) is 14.4 Å². The Kier molecular flexibility index (Phi) is 8.84. The van der Waals surface area contributed by atoms with Crippen molar-refractivity contribution in [3.05, 3.63) is 46.2 Å². The molecule has 0 aliphatic heterocycles. The minimum Gasteiger partial charge on any atom is -0.491 e. The van der Waals surface area contributed by atoms with E-state index in [0.717, 1.165) is 4.88 Å². The van der Waals surface area contributed by atoms with E-state index in [1.54, 1.807) is 37.4 Å². The molecule has 0 unspecified atom stereocenters. The third kappa shape index (κ3) is 7.62. The van der Waals surface area contributed by atoms with Gasteiger partial charge in [0.15, 0.2) is 5.78 Å². The predicted octanol–water partition coefficient (Wildman–Crippen LogP) is 4.03. The fourth-order valence-corrected chi connectivity index (χ4v) is 3.30. The number of anilines is 1. The molecule has 0 fully saturated rings. The lowest BCUT2D eigenvalue weighted by Crippen LogP contribution is -2.14. The largest absolute Gasteiger partial charge is 0.491 e. The fourth-order valence-electron chi connectivity index (χ4n) is 2.47. The van der Waals surface area contributed by atoms with E-state index in [1.165, 1.54) is 11.3 Å². The Morgan fingerprint density at radius 1 is 1.00 bits per heavy atom. The van der Waals surface area contributed by atoms with Crippen molar-refractivity contribution in [2.45, 2.75) is 32.6 Å². The molecule has 0 saturated heterocycles. The van der Waals surface area contributed by atoms with Crippen LogP contribution in [-0.2, 0) is 14.3 Å². The first-order valence-electron chi connectivity index (χ1n) is 9.11. The number of benzene rings is 1. The number of thiophene rings is 1. The Hall–Kier alpha value is -2.51. The van der Waals surface area contributed by atoms with E-state index >= 15 is 0 Å². The summed E-state index contributed by atoms with van der Waals surface area (Å²) in [5.41, 5.74) is 0.607. The number of rotatable bonds is 12. The molecule has 2 aromatic rings. The van der Waals surface area contributed by atoms with Crippen LogP contribution in [0.1, 0.15) is 40.2 Å². The van der Waals surface area contributed by atoms with Gasteiger partial charge in [-0.15, -0.1) is 11.3 Å². The van der Waals surface area contributed by atoms with Gasteiger partial charge in [0, 0.05) is 49.4 Å². The number of nitrogens with one attached hydrogen (secondary N) is 1. The van der Waals surface area contributed by atoms with Crippen molar-refractivity contribution < 1.29 is 23.9 Å². The van der Waals surface area contributed by atoms with Gasteiger partial charge in [0.2, 0.25) is 5.91 Å². The summed E-state index contributed by atoms with van der Waals surface area (Å²) in [6.07, 6.45) is 0.541. The van der Waals surface area contributed by atoms with Crippen LogP contribution in [0.3, 0.4) is 0 Å². The summed E-state index contributed by atoms with van der Waals surface area (Å²) in [6.45, 7) is 2.84. The lowest BCUT2D eigenvalue weighted by atomic mass is 10.1. The van der Waals surface area contributed by atoms with Crippen LogP contribution in [-0.4, -0.2) is 37.8 Å². The van der Waals surface area contributed by atoms with Crippen LogP contribution in [0.4, 0.5) is 5.69 Å². The van der Waals surface area contributed by atoms with E-state index in [0.29, 0.717) is 29.5 Å². The SMILES string of the molecule is COCCOc1cccc(NC(=O)CCC(=O)CCC(=O)c2ccc(C)s2)c1. The fraction of sp³-hybridized carbons (Fsp3) is 0.381. The van der Waals surface area contributed by atoms with Crippen molar-refractivity contribution in [3.63, 3.8) is 0 Å². The second-order valence-electron chi connectivity index (χ2n) is 6.29. The average Bonchev–Trinajstić information content (AvgIpc) is 3.11. The number of amides is 1. The topological polar surface area (TPSA) is 81.7 Å². The molecular formula is C21H25NO5S. The lowest BCUT2D eigenvalue weighted by Gasteiger charge is -2.09. The van der Waals surface area contributed by atoms with E-state index in [4.69, 9.17) is 9.47 Å². The Balaban J connectivity index is 1.70. The Labute approximate surface area is 168 Å². The first kappa shape index (κ1) is 21.8. The molecule has 1 heterocycles. The molecule has 0 aliphatic rings. The summed E-state index contributed by atoms with van der Waals surface area (Å²) in [6, 6.07) is 10.7. The van der Waals surface area contributed by atoms with Crippen molar-refractivity contribution >= 4 is 34.5 Å². The highest BCUT2D eigenvalue weighted by Gasteiger charge is 2.13. The number of carbonyl (C=O) groups excluding carboxylic acids is 3. The maximum atomic E-state index is 12.1. The highest BCUT2D eigenvalue weighted by molar-refractivity contribution is 7.14. The van der Waals surface area contributed by atoms with E-state index in [1.807, 2.05) is 13.0 Å². The molecule has 0 bridgehead atoms. The van der Waals surface area contributed by atoms with Gasteiger partial charge in [-0.1, -0.05) is 6.07 Å². The molecule has 150 valence electrons. The second-order valence-corrected chi connectivity index (χ2v) is 7.58. The van der Waals surface area contributed by atoms with Gasteiger partial charge in [-0.3, -0.25) is 14.4 Å². The molecule has 0 atom stereocenters. The Morgan fingerprint density at radius 2 is 1.79 bits per heavy atom. The zero-order valence-corrected chi connectivity index (χ0v) is 17.0. The summed E-state index contributed by atoms with van der Waals surface area (Å²) >= 11 is 1.43. The van der Waals surface area contributed by atoms with Crippen LogP contribution in [0.15, 0.2) is 36.4 Å². The van der Waals surface area contributed by atoms with Crippen molar-refractivity contribution in [1.29, 1.82) is 0 Å². The number of aryl methyl sites for hydroxylation is 1. The average molecular weight is 404 g/mol. The summed E-state index contributed by atoms with van der Waals surface area (Å²) in [7, 11) is 1.60. The van der Waals surface area contributed by atoms with Crippen molar-refractivity contribution in [2.24, 2.45) is 0 Å². The number of hydrogen-bond donors (Lipinski definition) is 1. The van der Waals surface area contributed by atoms with Crippen LogP contribution < -0.4 is 10.1 Å². The molecule has 1 N–H and O–H groups in total. The molecule has 0 spiro atoms. The van der Waals surface area contributed by atoms with Gasteiger partial charge in [0.1, 0.15) is 18.1 Å². The zero-order valence-electron chi connectivity index (χ0n) is 16.2. The number of hydrogen-bond acceptors (Lipinski definition) is 6. The van der Waals surface area contributed by atoms with Crippen molar-refractivity contribution in [1.82, 2.24) is 0 Å². The van der Waals surface area contributed by atoms with E-state index in [-0.39, 0.29) is 43.2 Å². The molecule has 0 aliphatic carbocycles. The molecule has 0 saturated carbocycles. The molecule has 6 nitrogen and oxygen atoms in total. The maximum absolute atomic E-state index is 12.1. The minimum absolute atomic E-state index is 0.0267. The lowest BCUT2D eigenvalue weighted by molar-refractivity contribution is -0.122. The smallest absolute Gasteiger partial charge is 0.224 e. The molecule has 7 heteroatoms. The summed E-state index contributed by atoms with van der Waals surface area (Å²) in [5.74, 6) is 0.269. The van der Waals surface area contributed by atoms with Gasteiger partial charge in [0.25, 0.3) is 0 Å². The molecule has 1 aromatic carbocycles. The minimum atomic E-state index is -0.248. The number of Topliss-reactive ketones (excluding diaryl/α,β-unsaturated/α-hetero) is 2. The zero-order chi connectivity index (χ0) is 20.4. The van der Waals surface area contributed by atoms with Crippen LogP contribution in [0.5, 0.6) is 5.75 Å². The quantitative estimate of drug-likeness (QED) is 0.427. The van der Waals surface area contributed by atoms with Gasteiger partial charge in [0.05, 0.1) is 11.5 Å². The van der Waals surface area contributed by atoms with Gasteiger partial charge < -0.3 is 14.8 Å². The van der Waals surface area contributed by atoms with E-state index < -0.39 is 0 Å². The number of methoxy groups -OCH3 is 1. The van der Waals surface area contributed by atoms with Gasteiger partial charge in [-0.25, -0.2) is 0 Å². The monoisotopic (exact) mass is 403 g/mol. The highest BCUT2D eigenvalue weighted by atomic mass is 32.1. The van der Waals surface area contributed by atoms with Crippen molar-refractivity contribution in [3.8, 4) is 5.75 Å². The Bertz CT molecular complexity index is 815. The summed E-state index contributed by atoms with van der Waals surface area (Å²) < 4.78 is 10.4. The molecule has 28 heavy (non-hydrogen) atoms. The predicted molar refractivity (Wildman–Crippen MR) is 109 cm³/mol. The third-order valence-electron chi connectivity index (χ3n) is 3.95. The van der Waals surface area contributed by atoms with Crippen molar-refractivity contribution in [2.75, 3.05) is 25.6 Å². The summed E-state index contributed by atoms with van der Waals surface area (Å²) in [5, 5.41) is 2.75. The van der Waals surface area contributed by atoms with Crippen LogP contribution in [0.25, 0.3) is 0 Å². The second kappa shape index (κ2) is 11.4. The van der Waals surface area contributed by atoms with Crippen LogP contribution in [0, 0.1) is 6.92 Å². The van der Waals surface area contributed by atoms with Gasteiger partial charge in [-0.05, 0) is 31.2 Å². The van der Waals surface area contributed by atoms with Gasteiger partial charge >= 0.3 is 0 Å². The maximum Gasteiger partial charge on any atom is 0.224 e. The summed E-state index contributed by atoms with van der Waals surface area (Å²) in [4.78, 5) is 37.8. The molecular weight excluding hydrogens is 378 g/mol. The molecule has 0 radical (unpaired) electrons. The number of ether oxygens (including phenoxy) is 2. The van der Waals surface area contributed by atoms with Crippen LogP contribution in [0.2, 0.25) is 0 Å². The molecule has 2 rings (SSSR count). The normalized spacial score (nSPS) is 10.5.